The van der Waals surface area contributed by atoms with Gasteiger partial charge in [0.2, 0.25) is 21.8 Å². The highest BCUT2D eigenvalue weighted by Crippen LogP contribution is 2.13. The number of nitrogens with two attached hydrogens (primary N) is 1. The van der Waals surface area contributed by atoms with Crippen LogP contribution < -0.4 is 10.5 Å². The van der Waals surface area contributed by atoms with Crippen LogP contribution >= 0.6 is 0 Å². The number of nitrogens with zero attached hydrogens (tertiary/aromatic N) is 1. The van der Waals surface area contributed by atoms with Gasteiger partial charge in [0.15, 0.2) is 0 Å². The topological polar surface area (TPSA) is 110 Å². The van der Waals surface area contributed by atoms with Crippen molar-refractivity contribution in [3.8, 4) is 0 Å². The standard InChI is InChI=1S/C15H23N3O4S/c1-4-5-11(2)18(12(3)19)10-15(20)17-13-6-8-14(9-7-13)23(16,21)22/h6-9,11H,4-5,10H2,1-3H3,(H,17,20)(H2,16,21,22)/t11-/m0/s1. The van der Waals surface area contributed by atoms with Crippen LogP contribution in [0.15, 0.2) is 29.2 Å². The number of benzene rings is 1. The summed E-state index contributed by atoms with van der Waals surface area (Å²) in [6, 6.07) is 5.50. The van der Waals surface area contributed by atoms with Gasteiger partial charge in [-0.15, -0.1) is 0 Å². The lowest BCUT2D eigenvalue weighted by molar-refractivity contribution is -0.134. The first kappa shape index (κ1) is 19.1. The molecule has 0 fully saturated rings. The van der Waals surface area contributed by atoms with E-state index in [1.54, 1.807) is 0 Å². The zero-order valence-electron chi connectivity index (χ0n) is 13.6. The summed E-state index contributed by atoms with van der Waals surface area (Å²) in [6.45, 7) is 5.30. The van der Waals surface area contributed by atoms with Crippen molar-refractivity contribution >= 4 is 27.5 Å². The van der Waals surface area contributed by atoms with Crippen molar-refractivity contribution in [1.82, 2.24) is 4.90 Å². The van der Waals surface area contributed by atoms with E-state index in [4.69, 9.17) is 5.14 Å². The minimum atomic E-state index is -3.76. The molecule has 0 heterocycles. The molecule has 1 rings (SSSR count). The summed E-state index contributed by atoms with van der Waals surface area (Å²) in [7, 11) is -3.76. The maximum Gasteiger partial charge on any atom is 0.244 e. The van der Waals surface area contributed by atoms with Crippen molar-refractivity contribution in [2.75, 3.05) is 11.9 Å². The highest BCUT2D eigenvalue weighted by molar-refractivity contribution is 7.89. The second-order valence-corrected chi connectivity index (χ2v) is 6.96. The monoisotopic (exact) mass is 341 g/mol. The lowest BCUT2D eigenvalue weighted by atomic mass is 10.1. The highest BCUT2D eigenvalue weighted by Gasteiger charge is 2.19. The first-order valence-electron chi connectivity index (χ1n) is 7.35. The number of nitrogens with one attached hydrogen (secondary N) is 1. The molecule has 0 aliphatic heterocycles. The molecular formula is C15H23N3O4S. The molecule has 8 heteroatoms. The van der Waals surface area contributed by atoms with E-state index < -0.39 is 10.0 Å². The molecule has 0 unspecified atom stereocenters. The predicted molar refractivity (Wildman–Crippen MR) is 88.2 cm³/mol. The number of amides is 2. The number of carbonyl (C=O) groups is 2. The normalized spacial score (nSPS) is 12.5. The zero-order valence-corrected chi connectivity index (χ0v) is 14.4. The maximum absolute atomic E-state index is 12.1. The van der Waals surface area contributed by atoms with Crippen LogP contribution in [0.4, 0.5) is 5.69 Å². The van der Waals surface area contributed by atoms with Gasteiger partial charge < -0.3 is 10.2 Å². The van der Waals surface area contributed by atoms with E-state index in [-0.39, 0.29) is 29.3 Å². The van der Waals surface area contributed by atoms with Gasteiger partial charge in [0.1, 0.15) is 6.54 Å². The highest BCUT2D eigenvalue weighted by atomic mass is 32.2. The van der Waals surface area contributed by atoms with Crippen molar-refractivity contribution in [3.05, 3.63) is 24.3 Å². The summed E-state index contributed by atoms with van der Waals surface area (Å²) < 4.78 is 22.3. The molecule has 23 heavy (non-hydrogen) atoms. The van der Waals surface area contributed by atoms with Gasteiger partial charge in [-0.2, -0.15) is 0 Å². The van der Waals surface area contributed by atoms with Gasteiger partial charge in [0.25, 0.3) is 0 Å². The van der Waals surface area contributed by atoms with Crippen LogP contribution in [0.25, 0.3) is 0 Å². The Morgan fingerprint density at radius 3 is 2.26 bits per heavy atom. The van der Waals surface area contributed by atoms with E-state index >= 15 is 0 Å². The molecule has 0 radical (unpaired) electrons. The Hall–Kier alpha value is -1.93. The third-order valence-electron chi connectivity index (χ3n) is 3.42. The summed E-state index contributed by atoms with van der Waals surface area (Å²) in [5.41, 5.74) is 0.439. The van der Waals surface area contributed by atoms with Crippen LogP contribution in [0.3, 0.4) is 0 Å². The van der Waals surface area contributed by atoms with Crippen LogP contribution in [-0.4, -0.2) is 37.7 Å². The molecule has 1 aromatic rings. The summed E-state index contributed by atoms with van der Waals surface area (Å²) in [4.78, 5) is 25.2. The van der Waals surface area contributed by atoms with Crippen LogP contribution in [0.2, 0.25) is 0 Å². The molecule has 1 aromatic carbocycles. The van der Waals surface area contributed by atoms with Crippen molar-refractivity contribution in [3.63, 3.8) is 0 Å². The molecule has 0 bridgehead atoms. The Bertz CT molecular complexity index is 656. The molecule has 0 aromatic heterocycles. The lowest BCUT2D eigenvalue weighted by Gasteiger charge is -2.27. The van der Waals surface area contributed by atoms with Gasteiger partial charge in [0, 0.05) is 18.7 Å². The van der Waals surface area contributed by atoms with Crippen molar-refractivity contribution in [2.45, 2.75) is 44.6 Å². The van der Waals surface area contributed by atoms with Gasteiger partial charge in [-0.05, 0) is 37.6 Å². The summed E-state index contributed by atoms with van der Waals surface area (Å²) >= 11 is 0. The first-order valence-corrected chi connectivity index (χ1v) is 8.89. The number of hydrogen-bond acceptors (Lipinski definition) is 4. The number of carbonyl (C=O) groups excluding carboxylic acids is 2. The van der Waals surface area contributed by atoms with Gasteiger partial charge in [-0.3, -0.25) is 9.59 Å². The van der Waals surface area contributed by atoms with Crippen molar-refractivity contribution in [2.24, 2.45) is 5.14 Å². The number of anilines is 1. The molecule has 3 N–H and O–H groups in total. The average Bonchev–Trinajstić information content (AvgIpc) is 2.44. The summed E-state index contributed by atoms with van der Waals surface area (Å²) in [5.74, 6) is -0.503. The molecule has 128 valence electrons. The summed E-state index contributed by atoms with van der Waals surface area (Å²) in [5, 5.41) is 7.64. The Morgan fingerprint density at radius 2 is 1.83 bits per heavy atom. The molecular weight excluding hydrogens is 318 g/mol. The molecule has 0 aliphatic rings. The number of sulfonamides is 1. The third kappa shape index (κ3) is 5.99. The van der Waals surface area contributed by atoms with Crippen LogP contribution in [0, 0.1) is 0 Å². The smallest absolute Gasteiger partial charge is 0.244 e. The minimum Gasteiger partial charge on any atom is -0.331 e. The Kier molecular flexibility index (Phi) is 6.71. The van der Waals surface area contributed by atoms with Gasteiger partial charge in [0.05, 0.1) is 4.90 Å². The van der Waals surface area contributed by atoms with Crippen LogP contribution in [-0.2, 0) is 19.6 Å². The van der Waals surface area contributed by atoms with E-state index in [0.717, 1.165) is 12.8 Å². The fourth-order valence-electron chi connectivity index (χ4n) is 2.23. The maximum atomic E-state index is 12.1. The molecule has 0 saturated heterocycles. The van der Waals surface area contributed by atoms with Gasteiger partial charge in [-0.1, -0.05) is 13.3 Å². The van der Waals surface area contributed by atoms with Gasteiger partial charge in [-0.25, -0.2) is 13.6 Å². The third-order valence-corrected chi connectivity index (χ3v) is 4.35. The SMILES string of the molecule is CCC[C@H](C)N(CC(=O)Nc1ccc(S(N)(=O)=O)cc1)C(C)=O. The predicted octanol–water partition coefficient (Wildman–Crippen LogP) is 1.31. The number of hydrogen-bond donors (Lipinski definition) is 2. The van der Waals surface area contributed by atoms with E-state index in [9.17, 15) is 18.0 Å². The molecule has 7 nitrogen and oxygen atoms in total. The van der Waals surface area contributed by atoms with Crippen molar-refractivity contribution in [1.29, 1.82) is 0 Å². The minimum absolute atomic E-state index is 0.0204. The molecule has 2 amide bonds. The first-order chi connectivity index (χ1) is 10.6. The Morgan fingerprint density at radius 1 is 1.26 bits per heavy atom. The lowest BCUT2D eigenvalue weighted by Crippen LogP contribution is -2.42. The second-order valence-electron chi connectivity index (χ2n) is 5.40. The Labute approximate surface area is 136 Å². The van der Waals surface area contributed by atoms with E-state index in [1.807, 2.05) is 13.8 Å². The summed E-state index contributed by atoms with van der Waals surface area (Å²) in [6.07, 6.45) is 1.73. The van der Waals surface area contributed by atoms with Crippen molar-refractivity contribution < 1.29 is 18.0 Å². The molecule has 0 spiro atoms. The number of rotatable bonds is 7. The average molecular weight is 341 g/mol. The van der Waals surface area contributed by atoms with Gasteiger partial charge >= 0.3 is 0 Å². The van der Waals surface area contributed by atoms with E-state index in [0.29, 0.717) is 5.69 Å². The quantitative estimate of drug-likeness (QED) is 0.779. The largest absolute Gasteiger partial charge is 0.331 e. The number of primary sulfonamides is 1. The Balaban J connectivity index is 2.73. The zero-order chi connectivity index (χ0) is 17.6. The molecule has 1 atom stereocenters. The second kappa shape index (κ2) is 8.07. The fourth-order valence-corrected chi connectivity index (χ4v) is 2.75. The molecule has 0 aliphatic carbocycles. The van der Waals surface area contributed by atoms with Crippen LogP contribution in [0.5, 0.6) is 0 Å². The van der Waals surface area contributed by atoms with Crippen LogP contribution in [0.1, 0.15) is 33.6 Å². The van der Waals surface area contributed by atoms with E-state index in [2.05, 4.69) is 5.32 Å². The van der Waals surface area contributed by atoms with E-state index in [1.165, 1.54) is 36.1 Å². The fraction of sp³-hybridized carbons (Fsp3) is 0.467. The molecule has 0 saturated carbocycles.